The minimum Gasteiger partial charge on any atom is -0.466 e. The largest absolute Gasteiger partial charge is 0.466 e. The molecule has 0 spiro atoms. The Bertz CT molecular complexity index is 356. The highest BCUT2D eigenvalue weighted by Crippen LogP contribution is 2.20. The first-order valence-electron chi connectivity index (χ1n) is 3.99. The fourth-order valence-corrected chi connectivity index (χ4v) is 1.15. The molecule has 66 valence electrons. The lowest BCUT2D eigenvalue weighted by molar-refractivity contribution is 0.189. The zero-order valence-corrected chi connectivity index (χ0v) is 6.92. The third-order valence-electron chi connectivity index (χ3n) is 1.81. The third-order valence-corrected chi connectivity index (χ3v) is 1.81. The number of pyridine rings is 1. The molecule has 0 aliphatic heterocycles. The number of nitrogens with zero attached hydrogens (tertiary/aromatic N) is 1. The molecular weight excluding hydrogens is 166 g/mol. The van der Waals surface area contributed by atoms with E-state index >= 15 is 0 Å². The van der Waals surface area contributed by atoms with Gasteiger partial charge in [0.25, 0.3) is 0 Å². The fourth-order valence-electron chi connectivity index (χ4n) is 1.15. The highest BCUT2D eigenvalue weighted by molar-refractivity contribution is 5.20. The minimum atomic E-state index is -0.719. The topological polar surface area (TPSA) is 46.3 Å². The van der Waals surface area contributed by atoms with Crippen LogP contribution in [0.1, 0.15) is 17.4 Å². The molecule has 0 bridgehead atoms. The smallest absolute Gasteiger partial charge is 0.138 e. The molecule has 0 aliphatic rings. The van der Waals surface area contributed by atoms with E-state index in [2.05, 4.69) is 4.98 Å². The number of rotatable bonds is 2. The zero-order chi connectivity index (χ0) is 9.10. The summed E-state index contributed by atoms with van der Waals surface area (Å²) in [5.74, 6) is 0.535. The van der Waals surface area contributed by atoms with Gasteiger partial charge in [-0.05, 0) is 18.2 Å². The lowest BCUT2D eigenvalue weighted by Gasteiger charge is -2.05. The molecule has 0 amide bonds. The number of aromatic nitrogens is 1. The summed E-state index contributed by atoms with van der Waals surface area (Å²) in [5, 5.41) is 9.75. The predicted molar refractivity (Wildman–Crippen MR) is 47.0 cm³/mol. The summed E-state index contributed by atoms with van der Waals surface area (Å²) >= 11 is 0. The first-order chi connectivity index (χ1) is 6.38. The molecule has 0 aromatic carbocycles. The Labute approximate surface area is 75.7 Å². The average Bonchev–Trinajstić information content (AvgIpc) is 2.71. The van der Waals surface area contributed by atoms with Gasteiger partial charge in [0, 0.05) is 18.0 Å². The van der Waals surface area contributed by atoms with Gasteiger partial charge in [0.15, 0.2) is 0 Å². The summed E-state index contributed by atoms with van der Waals surface area (Å²) in [6.07, 6.45) is 4.10. The van der Waals surface area contributed by atoms with E-state index in [1.807, 2.05) is 0 Å². The third kappa shape index (κ3) is 1.60. The molecule has 0 saturated carbocycles. The van der Waals surface area contributed by atoms with Gasteiger partial charge in [-0.25, -0.2) is 0 Å². The number of aliphatic hydroxyl groups is 1. The van der Waals surface area contributed by atoms with Gasteiger partial charge in [-0.15, -0.1) is 0 Å². The van der Waals surface area contributed by atoms with Crippen molar-refractivity contribution in [2.24, 2.45) is 0 Å². The molecule has 13 heavy (non-hydrogen) atoms. The monoisotopic (exact) mass is 175 g/mol. The van der Waals surface area contributed by atoms with Crippen LogP contribution < -0.4 is 0 Å². The van der Waals surface area contributed by atoms with Crippen LogP contribution in [0.5, 0.6) is 0 Å². The van der Waals surface area contributed by atoms with Crippen LogP contribution in [0.2, 0.25) is 0 Å². The molecule has 0 radical (unpaired) electrons. The number of aliphatic hydroxyl groups excluding tert-OH is 1. The van der Waals surface area contributed by atoms with Crippen molar-refractivity contribution in [3.63, 3.8) is 0 Å². The van der Waals surface area contributed by atoms with Gasteiger partial charge in [0.2, 0.25) is 0 Å². The van der Waals surface area contributed by atoms with Crippen LogP contribution in [0.15, 0.2) is 47.3 Å². The van der Waals surface area contributed by atoms with E-state index in [1.54, 1.807) is 36.7 Å². The molecule has 3 heteroatoms. The second kappa shape index (κ2) is 3.41. The normalized spacial score (nSPS) is 12.7. The molecule has 3 nitrogen and oxygen atoms in total. The van der Waals surface area contributed by atoms with E-state index in [-0.39, 0.29) is 0 Å². The Hall–Kier alpha value is -1.61. The van der Waals surface area contributed by atoms with Gasteiger partial charge in [0.05, 0.1) is 6.26 Å². The van der Waals surface area contributed by atoms with E-state index in [0.29, 0.717) is 5.76 Å². The standard InChI is InChI=1S/C10H9NO2/c12-10(9-4-2-6-13-9)8-3-1-5-11-7-8/h1-7,10,12H. The van der Waals surface area contributed by atoms with Crippen LogP contribution in [-0.4, -0.2) is 10.1 Å². The Morgan fingerprint density at radius 2 is 2.23 bits per heavy atom. The maximum atomic E-state index is 9.75. The molecule has 2 aromatic rings. The van der Waals surface area contributed by atoms with Crippen LogP contribution in [0.25, 0.3) is 0 Å². The van der Waals surface area contributed by atoms with E-state index in [1.165, 1.54) is 6.26 Å². The van der Waals surface area contributed by atoms with Crippen LogP contribution in [0.4, 0.5) is 0 Å². The average molecular weight is 175 g/mol. The van der Waals surface area contributed by atoms with Crippen LogP contribution >= 0.6 is 0 Å². The van der Waals surface area contributed by atoms with Crippen LogP contribution in [-0.2, 0) is 0 Å². The molecule has 1 N–H and O–H groups in total. The Morgan fingerprint density at radius 3 is 2.85 bits per heavy atom. The second-order valence-corrected chi connectivity index (χ2v) is 2.70. The Kier molecular flexibility index (Phi) is 2.10. The maximum absolute atomic E-state index is 9.75. The highest BCUT2D eigenvalue weighted by Gasteiger charge is 2.12. The second-order valence-electron chi connectivity index (χ2n) is 2.70. The van der Waals surface area contributed by atoms with Crippen molar-refractivity contribution in [1.82, 2.24) is 4.98 Å². The fraction of sp³-hybridized carbons (Fsp3) is 0.100. The maximum Gasteiger partial charge on any atom is 0.138 e. The summed E-state index contributed by atoms with van der Waals surface area (Å²) in [5.41, 5.74) is 0.734. The highest BCUT2D eigenvalue weighted by atomic mass is 16.4. The number of hydrogen-bond acceptors (Lipinski definition) is 3. The SMILES string of the molecule is OC(c1cccnc1)c1ccco1. The Balaban J connectivity index is 2.29. The van der Waals surface area contributed by atoms with E-state index in [0.717, 1.165) is 5.56 Å². The molecule has 0 fully saturated rings. The van der Waals surface area contributed by atoms with E-state index in [9.17, 15) is 5.11 Å². The molecule has 0 saturated heterocycles. The quantitative estimate of drug-likeness (QED) is 0.756. The van der Waals surface area contributed by atoms with Gasteiger partial charge in [-0.3, -0.25) is 4.98 Å². The van der Waals surface area contributed by atoms with E-state index < -0.39 is 6.10 Å². The summed E-state index contributed by atoms with van der Waals surface area (Å²) < 4.78 is 5.07. The van der Waals surface area contributed by atoms with Crippen molar-refractivity contribution in [3.05, 3.63) is 54.2 Å². The lowest BCUT2D eigenvalue weighted by atomic mass is 10.1. The van der Waals surface area contributed by atoms with Gasteiger partial charge in [-0.2, -0.15) is 0 Å². The Morgan fingerprint density at radius 1 is 1.31 bits per heavy atom. The van der Waals surface area contributed by atoms with Gasteiger partial charge in [0.1, 0.15) is 11.9 Å². The molecule has 2 aromatic heterocycles. The van der Waals surface area contributed by atoms with Gasteiger partial charge >= 0.3 is 0 Å². The van der Waals surface area contributed by atoms with Gasteiger partial charge < -0.3 is 9.52 Å². The summed E-state index contributed by atoms with van der Waals surface area (Å²) in [4.78, 5) is 3.91. The molecule has 2 rings (SSSR count). The van der Waals surface area contributed by atoms with Crippen molar-refractivity contribution >= 4 is 0 Å². The summed E-state index contributed by atoms with van der Waals surface area (Å²) in [7, 11) is 0. The van der Waals surface area contributed by atoms with E-state index in [4.69, 9.17) is 4.42 Å². The molecular formula is C10H9NO2. The number of hydrogen-bond donors (Lipinski definition) is 1. The number of furan rings is 1. The minimum absolute atomic E-state index is 0.535. The van der Waals surface area contributed by atoms with Crippen LogP contribution in [0.3, 0.4) is 0 Å². The molecule has 2 heterocycles. The van der Waals surface area contributed by atoms with Crippen molar-refractivity contribution in [3.8, 4) is 0 Å². The molecule has 1 unspecified atom stereocenters. The lowest BCUT2D eigenvalue weighted by Crippen LogP contribution is -1.97. The molecule has 0 aliphatic carbocycles. The van der Waals surface area contributed by atoms with Gasteiger partial charge in [-0.1, -0.05) is 6.07 Å². The summed E-state index contributed by atoms with van der Waals surface area (Å²) in [6, 6.07) is 7.06. The van der Waals surface area contributed by atoms with Crippen molar-refractivity contribution in [1.29, 1.82) is 0 Å². The van der Waals surface area contributed by atoms with Crippen molar-refractivity contribution in [2.45, 2.75) is 6.10 Å². The van der Waals surface area contributed by atoms with Crippen molar-refractivity contribution in [2.75, 3.05) is 0 Å². The molecule has 1 atom stereocenters. The first-order valence-corrected chi connectivity index (χ1v) is 3.99. The van der Waals surface area contributed by atoms with Crippen LogP contribution in [0, 0.1) is 0 Å². The van der Waals surface area contributed by atoms with Crippen molar-refractivity contribution < 1.29 is 9.52 Å². The predicted octanol–water partition coefficient (Wildman–Crippen LogP) is 1.76. The first kappa shape index (κ1) is 8.01. The summed E-state index contributed by atoms with van der Waals surface area (Å²) in [6.45, 7) is 0. The zero-order valence-electron chi connectivity index (χ0n) is 6.92.